The van der Waals surface area contributed by atoms with Gasteiger partial charge in [-0.2, -0.15) is 0 Å². The van der Waals surface area contributed by atoms with Crippen LogP contribution in [-0.2, 0) is 33.5 Å². The molecular weight excluding hydrogens is 420 g/mol. The number of hydrogen-bond donors (Lipinski definition) is 1. The van der Waals surface area contributed by atoms with Gasteiger partial charge in [0.2, 0.25) is 5.91 Å². The average Bonchev–Trinajstić information content (AvgIpc) is 3.14. The van der Waals surface area contributed by atoms with Crippen molar-refractivity contribution in [1.82, 2.24) is 9.88 Å². The predicted octanol–water partition coefficient (Wildman–Crippen LogP) is 4.55. The van der Waals surface area contributed by atoms with E-state index in [-0.39, 0.29) is 23.1 Å². The first-order valence-electron chi connectivity index (χ1n) is 10.5. The van der Waals surface area contributed by atoms with Crippen LogP contribution in [0.3, 0.4) is 0 Å². The van der Waals surface area contributed by atoms with Crippen LogP contribution in [0, 0.1) is 13.8 Å². The van der Waals surface area contributed by atoms with Crippen LogP contribution in [0.5, 0.6) is 0 Å². The van der Waals surface area contributed by atoms with Gasteiger partial charge in [-0.15, -0.1) is 0 Å². The Kier molecular flexibility index (Phi) is 6.15. The Labute approximate surface area is 188 Å². The van der Waals surface area contributed by atoms with Crippen LogP contribution >= 0.6 is 0 Å². The molecule has 0 aliphatic carbocycles. The number of aryl methyl sites for hydroxylation is 2. The monoisotopic (exact) mass is 446 g/mol. The lowest BCUT2D eigenvalue weighted by molar-refractivity contribution is -0.121. The standard InChI is InChI=1S/C26H26N2O3S/c1-19-7-11-21(12-8-19)15-27-26(29)17-28-16-25(23-5-3-4-6-24(23)28)32(30,31)18-22-13-9-20(2)10-14-22/h3-14,16H,15,17-18H2,1-2H3,(H,27,29). The second-order valence-corrected chi connectivity index (χ2v) is 10.1. The molecule has 6 heteroatoms. The van der Waals surface area contributed by atoms with Crippen molar-refractivity contribution in [3.8, 4) is 0 Å². The van der Waals surface area contributed by atoms with Crippen LogP contribution in [-0.4, -0.2) is 18.9 Å². The van der Waals surface area contributed by atoms with E-state index in [1.165, 1.54) is 5.56 Å². The van der Waals surface area contributed by atoms with Crippen molar-refractivity contribution in [2.75, 3.05) is 0 Å². The summed E-state index contributed by atoms with van der Waals surface area (Å²) in [6, 6.07) is 22.8. The molecule has 4 rings (SSSR count). The van der Waals surface area contributed by atoms with Crippen molar-refractivity contribution >= 4 is 26.6 Å². The molecule has 164 valence electrons. The normalized spacial score (nSPS) is 11.6. The summed E-state index contributed by atoms with van der Waals surface area (Å²) in [5, 5.41) is 3.55. The lowest BCUT2D eigenvalue weighted by Gasteiger charge is -2.08. The second-order valence-electron chi connectivity index (χ2n) is 8.15. The van der Waals surface area contributed by atoms with Gasteiger partial charge < -0.3 is 9.88 Å². The summed E-state index contributed by atoms with van der Waals surface area (Å²) >= 11 is 0. The van der Waals surface area contributed by atoms with Crippen molar-refractivity contribution in [3.05, 3.63) is 101 Å². The number of benzene rings is 3. The highest BCUT2D eigenvalue weighted by Gasteiger charge is 2.22. The smallest absolute Gasteiger partial charge is 0.240 e. The third-order valence-electron chi connectivity index (χ3n) is 5.49. The van der Waals surface area contributed by atoms with E-state index < -0.39 is 9.84 Å². The largest absolute Gasteiger partial charge is 0.350 e. The molecule has 0 aliphatic rings. The lowest BCUT2D eigenvalue weighted by atomic mass is 10.1. The number of carbonyl (C=O) groups is 1. The number of amides is 1. The van der Waals surface area contributed by atoms with E-state index in [0.717, 1.165) is 22.2 Å². The molecule has 4 aromatic rings. The zero-order chi connectivity index (χ0) is 22.7. The zero-order valence-electron chi connectivity index (χ0n) is 18.2. The van der Waals surface area contributed by atoms with Crippen molar-refractivity contribution < 1.29 is 13.2 Å². The lowest BCUT2D eigenvalue weighted by Crippen LogP contribution is -2.26. The van der Waals surface area contributed by atoms with Crippen molar-refractivity contribution in [3.63, 3.8) is 0 Å². The minimum atomic E-state index is -3.58. The Morgan fingerprint density at radius 2 is 1.44 bits per heavy atom. The van der Waals surface area contributed by atoms with Crippen LogP contribution in [0.2, 0.25) is 0 Å². The first-order valence-corrected chi connectivity index (χ1v) is 12.2. The molecule has 32 heavy (non-hydrogen) atoms. The molecule has 0 spiro atoms. The minimum absolute atomic E-state index is 0.0480. The summed E-state index contributed by atoms with van der Waals surface area (Å²) in [5.74, 6) is -0.255. The van der Waals surface area contributed by atoms with E-state index in [4.69, 9.17) is 0 Å². The zero-order valence-corrected chi connectivity index (χ0v) is 19.0. The predicted molar refractivity (Wildman–Crippen MR) is 127 cm³/mol. The van der Waals surface area contributed by atoms with Gasteiger partial charge >= 0.3 is 0 Å². The third kappa shape index (κ3) is 4.92. The first kappa shape index (κ1) is 21.8. The molecule has 0 atom stereocenters. The molecule has 0 saturated heterocycles. The van der Waals surface area contributed by atoms with Gasteiger partial charge in [0.1, 0.15) is 6.54 Å². The number of sulfone groups is 1. The summed E-state index contributed by atoms with van der Waals surface area (Å²) in [7, 11) is -3.58. The number of carbonyl (C=O) groups excluding carboxylic acids is 1. The number of fused-ring (bicyclic) bond motifs is 1. The fourth-order valence-corrected chi connectivity index (χ4v) is 5.27. The number of nitrogens with one attached hydrogen (secondary N) is 1. The second kappa shape index (κ2) is 9.01. The Morgan fingerprint density at radius 3 is 2.09 bits per heavy atom. The van der Waals surface area contributed by atoms with Gasteiger partial charge in [-0.05, 0) is 31.0 Å². The molecule has 0 saturated carbocycles. The van der Waals surface area contributed by atoms with Crippen LogP contribution < -0.4 is 5.32 Å². The van der Waals surface area contributed by atoms with Gasteiger partial charge in [0, 0.05) is 23.6 Å². The molecular formula is C26H26N2O3S. The molecule has 5 nitrogen and oxygen atoms in total. The van der Waals surface area contributed by atoms with Crippen LogP contribution in [0.25, 0.3) is 10.9 Å². The number of para-hydroxylation sites is 1. The molecule has 0 fully saturated rings. The van der Waals surface area contributed by atoms with E-state index in [1.54, 1.807) is 16.8 Å². The molecule has 1 aromatic heterocycles. The maximum Gasteiger partial charge on any atom is 0.240 e. The number of aromatic nitrogens is 1. The fraction of sp³-hybridized carbons (Fsp3) is 0.192. The molecule has 1 N–H and O–H groups in total. The van der Waals surface area contributed by atoms with Gasteiger partial charge in [-0.3, -0.25) is 4.79 Å². The van der Waals surface area contributed by atoms with E-state index >= 15 is 0 Å². The number of rotatable bonds is 7. The first-order chi connectivity index (χ1) is 15.3. The average molecular weight is 447 g/mol. The Morgan fingerprint density at radius 1 is 0.844 bits per heavy atom. The van der Waals surface area contributed by atoms with E-state index in [9.17, 15) is 13.2 Å². The minimum Gasteiger partial charge on any atom is -0.350 e. The fourth-order valence-electron chi connectivity index (χ4n) is 3.69. The van der Waals surface area contributed by atoms with Gasteiger partial charge in [0.15, 0.2) is 9.84 Å². The van der Waals surface area contributed by atoms with Gasteiger partial charge in [0.05, 0.1) is 10.6 Å². The van der Waals surface area contributed by atoms with Crippen LogP contribution in [0.4, 0.5) is 0 Å². The Balaban J connectivity index is 1.56. The summed E-state index contributed by atoms with van der Waals surface area (Å²) in [4.78, 5) is 12.8. The molecule has 0 aliphatic heterocycles. The van der Waals surface area contributed by atoms with Gasteiger partial charge in [-0.25, -0.2) is 8.42 Å². The van der Waals surface area contributed by atoms with Crippen molar-refractivity contribution in [1.29, 1.82) is 0 Å². The number of hydrogen-bond acceptors (Lipinski definition) is 3. The molecule has 0 unspecified atom stereocenters. The van der Waals surface area contributed by atoms with E-state index in [0.29, 0.717) is 11.9 Å². The Hall–Kier alpha value is -3.38. The maximum absolute atomic E-state index is 13.2. The van der Waals surface area contributed by atoms with Crippen LogP contribution in [0.15, 0.2) is 83.9 Å². The SMILES string of the molecule is Cc1ccc(CNC(=O)Cn2cc(S(=O)(=O)Cc3ccc(C)cc3)c3ccccc32)cc1. The highest BCUT2D eigenvalue weighted by molar-refractivity contribution is 7.90. The maximum atomic E-state index is 13.2. The molecule has 1 amide bonds. The van der Waals surface area contributed by atoms with Gasteiger partial charge in [0.25, 0.3) is 0 Å². The summed E-state index contributed by atoms with van der Waals surface area (Å²) in [6.07, 6.45) is 1.58. The summed E-state index contributed by atoms with van der Waals surface area (Å²) in [6.45, 7) is 4.46. The molecule has 0 radical (unpaired) electrons. The van der Waals surface area contributed by atoms with Crippen molar-refractivity contribution in [2.45, 2.75) is 37.6 Å². The van der Waals surface area contributed by atoms with Gasteiger partial charge in [-0.1, -0.05) is 77.9 Å². The van der Waals surface area contributed by atoms with Crippen molar-refractivity contribution in [2.24, 2.45) is 0 Å². The van der Waals surface area contributed by atoms with E-state index in [2.05, 4.69) is 5.32 Å². The quantitative estimate of drug-likeness (QED) is 0.453. The highest BCUT2D eigenvalue weighted by Crippen LogP contribution is 2.28. The summed E-state index contributed by atoms with van der Waals surface area (Å²) in [5.41, 5.74) is 4.73. The Bertz CT molecular complexity index is 1350. The van der Waals surface area contributed by atoms with Crippen LogP contribution in [0.1, 0.15) is 22.3 Å². The number of nitrogens with zero attached hydrogens (tertiary/aromatic N) is 1. The summed E-state index contributed by atoms with van der Waals surface area (Å²) < 4.78 is 28.2. The topological polar surface area (TPSA) is 68.2 Å². The van der Waals surface area contributed by atoms with E-state index in [1.807, 2.05) is 80.6 Å². The third-order valence-corrected chi connectivity index (χ3v) is 7.20. The molecule has 3 aromatic carbocycles. The highest BCUT2D eigenvalue weighted by atomic mass is 32.2. The molecule has 1 heterocycles. The molecule has 0 bridgehead atoms.